The summed E-state index contributed by atoms with van der Waals surface area (Å²) in [5.41, 5.74) is 5.45. The lowest BCUT2D eigenvalue weighted by Gasteiger charge is -2.09. The van der Waals surface area contributed by atoms with Crippen LogP contribution < -0.4 is 5.32 Å². The summed E-state index contributed by atoms with van der Waals surface area (Å²) in [4.78, 5) is 8.79. The van der Waals surface area contributed by atoms with E-state index in [1.807, 2.05) is 34.9 Å². The molecule has 0 fully saturated rings. The van der Waals surface area contributed by atoms with Crippen LogP contribution in [0, 0.1) is 5.41 Å². The minimum Gasteiger partial charge on any atom is -0.463 e. The average molecular weight is 329 g/mol. The van der Waals surface area contributed by atoms with Crippen molar-refractivity contribution in [2.75, 3.05) is 5.32 Å². The predicted octanol–water partition coefficient (Wildman–Crippen LogP) is 4.05. The zero-order valence-electron chi connectivity index (χ0n) is 13.4. The maximum absolute atomic E-state index is 7.98. The number of furan rings is 1. The highest BCUT2D eigenvalue weighted by Gasteiger charge is 2.19. The molecule has 1 aromatic carbocycles. The van der Waals surface area contributed by atoms with Crippen LogP contribution in [0.3, 0.4) is 0 Å². The Balaban J connectivity index is 1.63. The van der Waals surface area contributed by atoms with Crippen LogP contribution >= 0.6 is 0 Å². The second-order valence-electron chi connectivity index (χ2n) is 6.07. The summed E-state index contributed by atoms with van der Waals surface area (Å²) in [7, 11) is 0. The van der Waals surface area contributed by atoms with E-state index in [9.17, 15) is 0 Å². The number of nitrogens with zero attached hydrogens (tertiary/aromatic N) is 3. The standard InChI is InChI=1S/C19H15N5O/c20-15-6-3-12-10-13(4-5-14(12)15)22-19-18(16-2-1-9-25-16)23-17-11-21-7-8-24(17)19/h1-2,4-5,7-11,20,22H,3,6H2. The summed E-state index contributed by atoms with van der Waals surface area (Å²) in [5, 5.41) is 11.5. The van der Waals surface area contributed by atoms with Gasteiger partial charge in [-0.3, -0.25) is 9.38 Å². The first-order chi connectivity index (χ1) is 12.3. The van der Waals surface area contributed by atoms with Crippen molar-refractivity contribution in [1.82, 2.24) is 14.4 Å². The molecule has 5 rings (SSSR count). The number of imidazole rings is 1. The third-order valence-corrected chi connectivity index (χ3v) is 4.52. The van der Waals surface area contributed by atoms with Crippen molar-refractivity contribution in [1.29, 1.82) is 5.41 Å². The van der Waals surface area contributed by atoms with E-state index in [-0.39, 0.29) is 0 Å². The number of aryl methyl sites for hydroxylation is 1. The molecule has 0 saturated heterocycles. The van der Waals surface area contributed by atoms with Gasteiger partial charge in [0.05, 0.1) is 12.5 Å². The minimum atomic E-state index is 0.703. The van der Waals surface area contributed by atoms with Crippen molar-refractivity contribution >= 4 is 22.9 Å². The Morgan fingerprint density at radius 3 is 3.04 bits per heavy atom. The molecule has 4 aromatic rings. The van der Waals surface area contributed by atoms with Gasteiger partial charge in [-0.1, -0.05) is 6.07 Å². The fraction of sp³-hybridized carbons (Fsp3) is 0.105. The molecule has 122 valence electrons. The van der Waals surface area contributed by atoms with Crippen LogP contribution in [-0.4, -0.2) is 20.1 Å². The molecule has 0 atom stereocenters. The third-order valence-electron chi connectivity index (χ3n) is 4.52. The second kappa shape index (κ2) is 5.31. The van der Waals surface area contributed by atoms with Gasteiger partial charge in [0.2, 0.25) is 0 Å². The highest BCUT2D eigenvalue weighted by molar-refractivity contribution is 6.02. The Morgan fingerprint density at radius 1 is 1.20 bits per heavy atom. The Labute approximate surface area is 143 Å². The lowest BCUT2D eigenvalue weighted by atomic mass is 10.1. The Bertz CT molecular complexity index is 1090. The fourth-order valence-corrected chi connectivity index (χ4v) is 3.32. The van der Waals surface area contributed by atoms with E-state index in [2.05, 4.69) is 21.4 Å². The van der Waals surface area contributed by atoms with Crippen LogP contribution in [0.2, 0.25) is 0 Å². The van der Waals surface area contributed by atoms with E-state index in [1.54, 1.807) is 18.7 Å². The molecule has 1 aliphatic rings. The van der Waals surface area contributed by atoms with Gasteiger partial charge in [-0.15, -0.1) is 0 Å². The number of benzene rings is 1. The van der Waals surface area contributed by atoms with Gasteiger partial charge < -0.3 is 15.1 Å². The van der Waals surface area contributed by atoms with Gasteiger partial charge in [0, 0.05) is 23.8 Å². The summed E-state index contributed by atoms with van der Waals surface area (Å²) < 4.78 is 7.51. The SMILES string of the molecule is N=C1CCc2cc(Nc3c(-c4ccco4)nc4cnccn34)ccc21. The van der Waals surface area contributed by atoms with Crippen molar-refractivity contribution in [3.8, 4) is 11.5 Å². The van der Waals surface area contributed by atoms with Crippen molar-refractivity contribution in [3.63, 3.8) is 0 Å². The molecule has 0 saturated carbocycles. The van der Waals surface area contributed by atoms with E-state index < -0.39 is 0 Å². The number of aromatic nitrogens is 3. The van der Waals surface area contributed by atoms with Crippen LogP contribution in [0.25, 0.3) is 17.1 Å². The van der Waals surface area contributed by atoms with Crippen LogP contribution in [0.1, 0.15) is 17.5 Å². The summed E-state index contributed by atoms with van der Waals surface area (Å²) >= 11 is 0. The summed E-state index contributed by atoms with van der Waals surface area (Å²) in [6.07, 6.45) is 8.71. The summed E-state index contributed by atoms with van der Waals surface area (Å²) in [6.45, 7) is 0. The van der Waals surface area contributed by atoms with Crippen molar-refractivity contribution < 1.29 is 4.42 Å². The number of hydrogen-bond acceptors (Lipinski definition) is 5. The number of anilines is 2. The molecule has 0 bridgehead atoms. The maximum Gasteiger partial charge on any atom is 0.157 e. The lowest BCUT2D eigenvalue weighted by Crippen LogP contribution is -1.98. The topological polar surface area (TPSA) is 79.2 Å². The predicted molar refractivity (Wildman–Crippen MR) is 95.6 cm³/mol. The molecule has 0 amide bonds. The molecule has 0 radical (unpaired) electrons. The van der Waals surface area contributed by atoms with Gasteiger partial charge in [-0.2, -0.15) is 0 Å². The Kier molecular flexibility index (Phi) is 2.97. The van der Waals surface area contributed by atoms with Crippen molar-refractivity contribution in [3.05, 3.63) is 66.3 Å². The molecular formula is C19H15N5O. The van der Waals surface area contributed by atoms with E-state index in [1.165, 1.54) is 5.56 Å². The number of fused-ring (bicyclic) bond motifs is 2. The van der Waals surface area contributed by atoms with Gasteiger partial charge in [0.25, 0.3) is 0 Å². The quantitative estimate of drug-likeness (QED) is 0.594. The molecule has 25 heavy (non-hydrogen) atoms. The minimum absolute atomic E-state index is 0.703. The molecule has 2 N–H and O–H groups in total. The van der Waals surface area contributed by atoms with Crippen LogP contribution in [0.4, 0.5) is 11.5 Å². The third kappa shape index (κ3) is 2.22. The van der Waals surface area contributed by atoms with Crippen LogP contribution in [0.5, 0.6) is 0 Å². The van der Waals surface area contributed by atoms with Crippen molar-refractivity contribution in [2.45, 2.75) is 12.8 Å². The van der Waals surface area contributed by atoms with E-state index in [4.69, 9.17) is 9.83 Å². The maximum atomic E-state index is 7.98. The van der Waals surface area contributed by atoms with Crippen LogP contribution in [-0.2, 0) is 6.42 Å². The molecule has 6 heteroatoms. The normalized spacial score (nSPS) is 13.4. The van der Waals surface area contributed by atoms with Crippen LogP contribution in [0.15, 0.2) is 59.6 Å². The lowest BCUT2D eigenvalue weighted by molar-refractivity contribution is 0.581. The monoisotopic (exact) mass is 329 g/mol. The summed E-state index contributed by atoms with van der Waals surface area (Å²) in [6, 6.07) is 9.88. The van der Waals surface area contributed by atoms with Gasteiger partial charge in [0.15, 0.2) is 11.4 Å². The van der Waals surface area contributed by atoms with Gasteiger partial charge in [0.1, 0.15) is 11.5 Å². The second-order valence-corrected chi connectivity index (χ2v) is 6.07. The van der Waals surface area contributed by atoms with E-state index >= 15 is 0 Å². The zero-order chi connectivity index (χ0) is 16.8. The first-order valence-electron chi connectivity index (χ1n) is 8.13. The Hall–Kier alpha value is -3.41. The zero-order valence-corrected chi connectivity index (χ0v) is 13.4. The highest BCUT2D eigenvalue weighted by Crippen LogP contribution is 2.32. The fourth-order valence-electron chi connectivity index (χ4n) is 3.32. The first-order valence-corrected chi connectivity index (χ1v) is 8.13. The first kappa shape index (κ1) is 14.0. The number of rotatable bonds is 3. The van der Waals surface area contributed by atoms with Gasteiger partial charge in [-0.25, -0.2) is 4.98 Å². The summed E-state index contributed by atoms with van der Waals surface area (Å²) in [5.74, 6) is 1.54. The molecule has 1 aliphatic carbocycles. The number of hydrogen-bond donors (Lipinski definition) is 2. The Morgan fingerprint density at radius 2 is 2.16 bits per heavy atom. The molecule has 6 nitrogen and oxygen atoms in total. The smallest absolute Gasteiger partial charge is 0.157 e. The molecule has 3 aromatic heterocycles. The highest BCUT2D eigenvalue weighted by atomic mass is 16.3. The molecule has 3 heterocycles. The van der Waals surface area contributed by atoms with E-state index in [0.717, 1.165) is 47.0 Å². The van der Waals surface area contributed by atoms with Crippen molar-refractivity contribution in [2.24, 2.45) is 0 Å². The average Bonchev–Trinajstić information content (AvgIpc) is 3.35. The van der Waals surface area contributed by atoms with Gasteiger partial charge >= 0.3 is 0 Å². The van der Waals surface area contributed by atoms with E-state index in [0.29, 0.717) is 5.76 Å². The largest absolute Gasteiger partial charge is 0.463 e. The van der Waals surface area contributed by atoms with Gasteiger partial charge in [-0.05, 0) is 48.2 Å². The molecule has 0 spiro atoms. The molecule has 0 unspecified atom stereocenters. The number of nitrogens with one attached hydrogen (secondary N) is 2. The molecular weight excluding hydrogens is 314 g/mol. The molecule has 0 aliphatic heterocycles.